The second-order valence-corrected chi connectivity index (χ2v) is 4.11. The van der Waals surface area contributed by atoms with Gasteiger partial charge < -0.3 is 15.8 Å². The van der Waals surface area contributed by atoms with Crippen LogP contribution in [0, 0.1) is 0 Å². The van der Waals surface area contributed by atoms with E-state index >= 15 is 0 Å². The Morgan fingerprint density at radius 2 is 2.31 bits per heavy atom. The first-order valence-electron chi connectivity index (χ1n) is 4.99. The van der Waals surface area contributed by atoms with Crippen LogP contribution >= 0.6 is 15.9 Å². The molecule has 1 rings (SSSR count). The van der Waals surface area contributed by atoms with Crippen molar-refractivity contribution in [3.63, 3.8) is 0 Å². The number of likely N-dealkylation sites (N-methyl/N-ethyl adjacent to an activating group) is 1. The molecule has 0 aromatic heterocycles. The van der Waals surface area contributed by atoms with Gasteiger partial charge in [0.2, 0.25) is 0 Å². The van der Waals surface area contributed by atoms with Crippen LogP contribution in [-0.4, -0.2) is 26.1 Å². The molecule has 0 bridgehead atoms. The van der Waals surface area contributed by atoms with Crippen LogP contribution < -0.4 is 15.8 Å². The molecule has 16 heavy (non-hydrogen) atoms. The number of nitrogens with one attached hydrogen (secondary N) is 1. The summed E-state index contributed by atoms with van der Waals surface area (Å²) >= 11 is 3.43. The Kier molecular flexibility index (Phi) is 5.28. The molecule has 0 aliphatic heterocycles. The molecule has 0 spiro atoms. The number of carbonyl (C=O) groups excluding carboxylic acids is 1. The van der Waals surface area contributed by atoms with E-state index in [-0.39, 0.29) is 12.5 Å². The minimum Gasteiger partial charge on any atom is -0.484 e. The van der Waals surface area contributed by atoms with Crippen LogP contribution in [0.5, 0.6) is 5.75 Å². The highest BCUT2D eigenvalue weighted by atomic mass is 79.9. The summed E-state index contributed by atoms with van der Waals surface area (Å²) in [7, 11) is 1.58. The van der Waals surface area contributed by atoms with Gasteiger partial charge in [0, 0.05) is 11.5 Å². The molecule has 0 aliphatic rings. The van der Waals surface area contributed by atoms with Crippen LogP contribution in [0.4, 0.5) is 0 Å². The molecule has 5 heteroatoms. The predicted molar refractivity (Wildman–Crippen MR) is 66.5 cm³/mol. The highest BCUT2D eigenvalue weighted by Crippen LogP contribution is 2.22. The van der Waals surface area contributed by atoms with Gasteiger partial charge in [0.25, 0.3) is 5.91 Å². The summed E-state index contributed by atoms with van der Waals surface area (Å²) in [4.78, 5) is 11.0. The Labute approximate surface area is 103 Å². The van der Waals surface area contributed by atoms with Crippen molar-refractivity contribution in [1.82, 2.24) is 5.32 Å². The summed E-state index contributed by atoms with van der Waals surface area (Å²) in [5.74, 6) is 0.526. The van der Waals surface area contributed by atoms with Crippen molar-refractivity contribution in [2.45, 2.75) is 6.42 Å². The average Bonchev–Trinajstić information content (AvgIpc) is 2.30. The average molecular weight is 287 g/mol. The highest BCUT2D eigenvalue weighted by molar-refractivity contribution is 9.10. The number of hydrogen-bond acceptors (Lipinski definition) is 3. The molecule has 0 saturated carbocycles. The van der Waals surface area contributed by atoms with Crippen LogP contribution in [0.2, 0.25) is 0 Å². The second kappa shape index (κ2) is 6.50. The van der Waals surface area contributed by atoms with E-state index in [1.165, 1.54) is 0 Å². The number of benzene rings is 1. The van der Waals surface area contributed by atoms with Crippen molar-refractivity contribution < 1.29 is 9.53 Å². The lowest BCUT2D eigenvalue weighted by Crippen LogP contribution is -2.24. The van der Waals surface area contributed by atoms with Crippen molar-refractivity contribution in [3.05, 3.63) is 28.2 Å². The maximum absolute atomic E-state index is 11.0. The number of hydrogen-bond donors (Lipinski definition) is 2. The third-order valence-corrected chi connectivity index (χ3v) is 2.85. The van der Waals surface area contributed by atoms with Crippen molar-refractivity contribution in [3.8, 4) is 5.75 Å². The van der Waals surface area contributed by atoms with Crippen LogP contribution in [0.15, 0.2) is 22.7 Å². The molecule has 1 amide bonds. The van der Waals surface area contributed by atoms with Crippen molar-refractivity contribution in [1.29, 1.82) is 0 Å². The standard InChI is InChI=1S/C11H15BrN2O2/c1-14-11(15)7-16-9-2-3-10(12)8(6-9)4-5-13/h2-3,6H,4-5,7,13H2,1H3,(H,14,15). The van der Waals surface area contributed by atoms with Crippen molar-refractivity contribution in [2.24, 2.45) is 5.73 Å². The highest BCUT2D eigenvalue weighted by Gasteiger charge is 2.03. The van der Waals surface area contributed by atoms with E-state index in [2.05, 4.69) is 21.2 Å². The molecule has 0 radical (unpaired) electrons. The molecule has 0 saturated heterocycles. The van der Waals surface area contributed by atoms with Crippen LogP contribution in [-0.2, 0) is 11.2 Å². The fourth-order valence-electron chi connectivity index (χ4n) is 1.21. The smallest absolute Gasteiger partial charge is 0.257 e. The first-order chi connectivity index (χ1) is 7.67. The molecule has 0 aliphatic carbocycles. The van der Waals surface area contributed by atoms with E-state index in [1.54, 1.807) is 7.05 Å². The zero-order valence-electron chi connectivity index (χ0n) is 9.13. The molecular formula is C11H15BrN2O2. The first-order valence-corrected chi connectivity index (χ1v) is 5.78. The first kappa shape index (κ1) is 13.0. The van der Waals surface area contributed by atoms with Gasteiger partial charge in [0.15, 0.2) is 6.61 Å². The Morgan fingerprint density at radius 1 is 1.56 bits per heavy atom. The summed E-state index contributed by atoms with van der Waals surface area (Å²) in [5, 5.41) is 2.49. The SMILES string of the molecule is CNC(=O)COc1ccc(Br)c(CCN)c1. The molecule has 0 atom stereocenters. The fraction of sp³-hybridized carbons (Fsp3) is 0.364. The van der Waals surface area contributed by atoms with E-state index in [9.17, 15) is 4.79 Å². The third-order valence-electron chi connectivity index (χ3n) is 2.08. The molecule has 88 valence electrons. The van der Waals surface area contributed by atoms with Gasteiger partial charge in [0.1, 0.15) is 5.75 Å². The summed E-state index contributed by atoms with van der Waals surface area (Å²) in [6, 6.07) is 5.59. The van der Waals surface area contributed by atoms with Gasteiger partial charge in [-0.2, -0.15) is 0 Å². The van der Waals surface area contributed by atoms with Crippen LogP contribution in [0.3, 0.4) is 0 Å². The minimum absolute atomic E-state index is 0.0280. The lowest BCUT2D eigenvalue weighted by Gasteiger charge is -2.08. The molecule has 1 aromatic carbocycles. The van der Waals surface area contributed by atoms with Gasteiger partial charge >= 0.3 is 0 Å². The Hall–Kier alpha value is -1.07. The monoisotopic (exact) mass is 286 g/mol. The number of rotatable bonds is 5. The number of amides is 1. The van der Waals surface area contributed by atoms with Crippen LogP contribution in [0.25, 0.3) is 0 Å². The summed E-state index contributed by atoms with van der Waals surface area (Å²) in [6.45, 7) is 0.609. The van der Waals surface area contributed by atoms with Gasteiger partial charge in [-0.25, -0.2) is 0 Å². The quantitative estimate of drug-likeness (QED) is 0.851. The molecule has 0 unspecified atom stereocenters. The maximum Gasteiger partial charge on any atom is 0.257 e. The van der Waals surface area contributed by atoms with Crippen molar-refractivity contribution in [2.75, 3.05) is 20.2 Å². The number of ether oxygens (including phenoxy) is 1. The zero-order valence-corrected chi connectivity index (χ0v) is 10.7. The third kappa shape index (κ3) is 3.83. The lowest BCUT2D eigenvalue weighted by atomic mass is 10.1. The van der Waals surface area contributed by atoms with Gasteiger partial charge in [-0.05, 0) is 36.7 Å². The lowest BCUT2D eigenvalue weighted by molar-refractivity contribution is -0.122. The van der Waals surface area contributed by atoms with E-state index in [1.807, 2.05) is 18.2 Å². The van der Waals surface area contributed by atoms with Crippen LogP contribution in [0.1, 0.15) is 5.56 Å². The topological polar surface area (TPSA) is 64.3 Å². The predicted octanol–water partition coefficient (Wildman–Crippen LogP) is 1.08. The van der Waals surface area contributed by atoms with Gasteiger partial charge in [-0.1, -0.05) is 15.9 Å². The Balaban J connectivity index is 2.67. The maximum atomic E-state index is 11.0. The molecular weight excluding hydrogens is 272 g/mol. The van der Waals surface area contributed by atoms with Gasteiger partial charge in [0.05, 0.1) is 0 Å². The number of carbonyl (C=O) groups is 1. The minimum atomic E-state index is -0.150. The molecule has 4 nitrogen and oxygen atoms in total. The summed E-state index contributed by atoms with van der Waals surface area (Å²) in [5.41, 5.74) is 6.58. The Morgan fingerprint density at radius 3 is 2.94 bits per heavy atom. The largest absolute Gasteiger partial charge is 0.484 e. The number of nitrogens with two attached hydrogens (primary N) is 1. The van der Waals surface area contributed by atoms with Crippen molar-refractivity contribution >= 4 is 21.8 Å². The van der Waals surface area contributed by atoms with E-state index < -0.39 is 0 Å². The van der Waals surface area contributed by atoms with Gasteiger partial charge in [-0.15, -0.1) is 0 Å². The fourth-order valence-corrected chi connectivity index (χ4v) is 1.65. The van der Waals surface area contributed by atoms with E-state index in [0.29, 0.717) is 12.3 Å². The molecule has 3 N–H and O–H groups in total. The summed E-state index contributed by atoms with van der Waals surface area (Å²) < 4.78 is 6.33. The summed E-state index contributed by atoms with van der Waals surface area (Å²) in [6.07, 6.45) is 0.776. The Bertz CT molecular complexity index is 369. The van der Waals surface area contributed by atoms with E-state index in [0.717, 1.165) is 16.5 Å². The molecule has 0 fully saturated rings. The van der Waals surface area contributed by atoms with Gasteiger partial charge in [-0.3, -0.25) is 4.79 Å². The molecule has 1 aromatic rings. The zero-order chi connectivity index (χ0) is 12.0. The second-order valence-electron chi connectivity index (χ2n) is 3.25. The van der Waals surface area contributed by atoms with E-state index in [4.69, 9.17) is 10.5 Å². The number of halogens is 1. The molecule has 0 heterocycles. The normalized spacial score (nSPS) is 9.94.